The van der Waals surface area contributed by atoms with E-state index in [0.29, 0.717) is 0 Å². The molecule has 5 aliphatic carbocycles. The van der Waals surface area contributed by atoms with E-state index < -0.39 is 0 Å². The molecular formula is C138H110N6. The van der Waals surface area contributed by atoms with Gasteiger partial charge in [0.2, 0.25) is 0 Å². The summed E-state index contributed by atoms with van der Waals surface area (Å²) in [4.78, 5) is 14.4. The molecule has 692 valence electrons. The lowest BCUT2D eigenvalue weighted by Crippen LogP contribution is -2.21. The molecule has 20 aromatic carbocycles. The Morgan fingerprint density at radius 2 is 0.375 bits per heavy atom. The largest absolute Gasteiger partial charge is 0.311 e. The van der Waals surface area contributed by atoms with Crippen LogP contribution in [0.1, 0.15) is 103 Å². The molecule has 6 heteroatoms. The molecule has 25 rings (SSSR count). The second-order valence-electron chi connectivity index (χ2n) is 39.5. The molecule has 6 nitrogen and oxygen atoms in total. The molecule has 2 spiro atoms. The highest BCUT2D eigenvalue weighted by molar-refractivity contribution is 5.94. The van der Waals surface area contributed by atoms with E-state index >= 15 is 0 Å². The lowest BCUT2D eigenvalue weighted by Gasteiger charge is -2.31. The summed E-state index contributed by atoms with van der Waals surface area (Å²) in [7, 11) is 0. The highest BCUT2D eigenvalue weighted by Gasteiger charge is 2.47. The van der Waals surface area contributed by atoms with Crippen molar-refractivity contribution >= 4 is 108 Å². The van der Waals surface area contributed by atoms with Crippen LogP contribution in [0.4, 0.5) is 102 Å². The average Bonchev–Trinajstić information content (AvgIpc) is 1.55. The van der Waals surface area contributed by atoms with Gasteiger partial charge in [-0.15, -0.1) is 0 Å². The number of anilines is 18. The molecule has 0 unspecified atom stereocenters. The molecule has 0 saturated heterocycles. The molecule has 0 amide bonds. The predicted molar refractivity (Wildman–Crippen MR) is 607 cm³/mol. The smallest absolute Gasteiger partial charge is 0.0465 e. The van der Waals surface area contributed by atoms with Crippen LogP contribution in [-0.4, -0.2) is 0 Å². The van der Waals surface area contributed by atoms with Crippen molar-refractivity contribution in [3.8, 4) is 77.9 Å². The molecule has 0 aliphatic heterocycles. The van der Waals surface area contributed by atoms with Crippen molar-refractivity contribution in [2.45, 2.75) is 88.9 Å². The summed E-state index contributed by atoms with van der Waals surface area (Å²) in [6.45, 7) is 4.30. The van der Waals surface area contributed by atoms with Crippen LogP contribution in [0.3, 0.4) is 0 Å². The SMILES string of the molecule is Cc1ccc(N(c2ccc(C3=CCCC=C3)cc2)c2ccc(-c3ccc(-c4ccc(N(c5ccc(C)cc5)c5ccc(-c6ccc(-c7ccc8c(c7)C7(CCCC7)c7cc(N(c9ccc(-c%10ccc(N(c%11ccc(N(c%12ccccc%12)c%12ccccc%12)cc%11)c%11ccc%12c(c%11)C%11(CCCC%11)c%11ccccc%11-%12)cc%10)cc9)c9ccc(N(c%10ccccc%10)c%10ccccc%10)cc9)ccc7-8)cc6)cc5)cc4)cc3)cc2)cc1. The lowest BCUT2D eigenvalue weighted by molar-refractivity contribution is 0.550. The standard InChI is InChI=1S/C138H110N6/c1-97-36-61-115(62-37-97)141(117-65-48-103(49-66-117)99-24-8-3-9-25-99)118-67-50-104(51-68-118)100-40-42-101(43-41-100)105-52-69-119(70-53-105)142(116-63-38-98(2)39-64-116)120-71-54-106(55-72-120)102-44-46-109(47-45-102)110-60-87-130-132-89-86-128(96-136(132)138(134(130)94-110)92-22-23-93-138)144(126-83-79-124(80-84-126)140(113-30-14-6-15-31-113)114-32-16-7-17-33-114)122-75-58-108(59-76-122)107-56-73-121(74-57-107)143(127-85-88-131-129-34-18-19-35-133(129)137(135(131)95-127)90-20-21-91-137)125-81-77-123(78-82-125)139(111-26-10-4-11-27-111)112-28-12-5-13-29-112/h4-8,10-19,24-89,94-96H,3,9,20-23,90-93H2,1-2H3. The molecule has 0 bridgehead atoms. The first-order chi connectivity index (χ1) is 71.1. The first-order valence-electron chi connectivity index (χ1n) is 51.2. The maximum absolute atomic E-state index is 2.56. The Hall–Kier alpha value is -17.3. The molecule has 0 N–H and O–H groups in total. The fourth-order valence-electron chi connectivity index (χ4n) is 23.7. The summed E-state index contributed by atoms with van der Waals surface area (Å²) < 4.78 is 0. The van der Waals surface area contributed by atoms with Crippen LogP contribution in [0.2, 0.25) is 0 Å². The Bertz CT molecular complexity index is 8000. The van der Waals surface area contributed by atoms with Crippen LogP contribution in [0, 0.1) is 13.8 Å². The third-order valence-corrected chi connectivity index (χ3v) is 30.9. The fraction of sp³-hybridized carbons (Fsp3) is 0.101. The van der Waals surface area contributed by atoms with Gasteiger partial charge in [-0.1, -0.05) is 322 Å². The minimum absolute atomic E-state index is 0.0195. The topological polar surface area (TPSA) is 19.4 Å². The molecule has 0 aromatic heterocycles. The predicted octanol–water partition coefficient (Wildman–Crippen LogP) is 38.9. The molecule has 0 atom stereocenters. The number of fused-ring (bicyclic) bond motifs is 10. The summed E-state index contributed by atoms with van der Waals surface area (Å²) in [5.41, 5.74) is 47.9. The maximum Gasteiger partial charge on any atom is 0.0465 e. The van der Waals surface area contributed by atoms with Crippen LogP contribution in [0.5, 0.6) is 0 Å². The normalized spacial score (nSPS) is 13.8. The maximum atomic E-state index is 2.56. The van der Waals surface area contributed by atoms with Crippen LogP contribution >= 0.6 is 0 Å². The van der Waals surface area contributed by atoms with E-state index in [9.17, 15) is 0 Å². The van der Waals surface area contributed by atoms with Crippen LogP contribution in [-0.2, 0) is 10.8 Å². The van der Waals surface area contributed by atoms with Gasteiger partial charge in [-0.05, 0) is 388 Å². The zero-order chi connectivity index (χ0) is 96.0. The van der Waals surface area contributed by atoms with E-state index in [1.165, 1.54) is 150 Å². The highest BCUT2D eigenvalue weighted by atomic mass is 15.2. The third-order valence-electron chi connectivity index (χ3n) is 30.9. The van der Waals surface area contributed by atoms with Gasteiger partial charge in [0.15, 0.2) is 0 Å². The molecule has 2 fully saturated rings. The minimum atomic E-state index is -0.130. The molecule has 5 aliphatic rings. The van der Waals surface area contributed by atoms with Crippen LogP contribution in [0.25, 0.3) is 83.5 Å². The Morgan fingerprint density at radius 1 is 0.167 bits per heavy atom. The Labute approximate surface area is 846 Å². The summed E-state index contributed by atoms with van der Waals surface area (Å²) in [5, 5.41) is 0. The van der Waals surface area contributed by atoms with Gasteiger partial charge in [0, 0.05) is 113 Å². The number of allylic oxidation sites excluding steroid dienone is 4. The Morgan fingerprint density at radius 3 is 0.674 bits per heavy atom. The van der Waals surface area contributed by atoms with Crippen molar-refractivity contribution in [3.63, 3.8) is 0 Å². The quantitative estimate of drug-likeness (QED) is 0.0596. The third kappa shape index (κ3) is 16.6. The average molecular weight is 1850 g/mol. The second-order valence-corrected chi connectivity index (χ2v) is 39.5. The van der Waals surface area contributed by atoms with Crippen molar-refractivity contribution in [1.29, 1.82) is 0 Å². The number of benzene rings is 20. The number of hydrogen-bond donors (Lipinski definition) is 0. The molecule has 20 aromatic rings. The van der Waals surface area contributed by atoms with Crippen molar-refractivity contribution < 1.29 is 0 Å². The summed E-state index contributed by atoms with van der Waals surface area (Å²) >= 11 is 0. The number of hydrogen-bond acceptors (Lipinski definition) is 6. The van der Waals surface area contributed by atoms with E-state index in [2.05, 4.69) is 553 Å². The Balaban J connectivity index is 0.489. The van der Waals surface area contributed by atoms with Crippen LogP contribution < -0.4 is 29.4 Å². The van der Waals surface area contributed by atoms with Gasteiger partial charge in [-0.2, -0.15) is 0 Å². The number of rotatable bonds is 24. The van der Waals surface area contributed by atoms with Gasteiger partial charge in [0.05, 0.1) is 0 Å². The lowest BCUT2D eigenvalue weighted by atomic mass is 9.76. The molecule has 144 heavy (non-hydrogen) atoms. The number of aryl methyl sites for hydroxylation is 2. The van der Waals surface area contributed by atoms with Gasteiger partial charge in [0.25, 0.3) is 0 Å². The summed E-state index contributed by atoms with van der Waals surface area (Å²) in [6.07, 6.45) is 18.4. The van der Waals surface area contributed by atoms with Crippen LogP contribution in [0.15, 0.2) is 510 Å². The van der Waals surface area contributed by atoms with Gasteiger partial charge >= 0.3 is 0 Å². The van der Waals surface area contributed by atoms with E-state index in [-0.39, 0.29) is 10.8 Å². The summed E-state index contributed by atoms with van der Waals surface area (Å²) in [5.74, 6) is 0. The summed E-state index contributed by atoms with van der Waals surface area (Å²) in [6, 6.07) is 183. The molecule has 0 radical (unpaired) electrons. The van der Waals surface area contributed by atoms with E-state index in [1.807, 2.05) is 0 Å². The minimum Gasteiger partial charge on any atom is -0.311 e. The van der Waals surface area contributed by atoms with Gasteiger partial charge in [0.1, 0.15) is 0 Å². The molecular weight excluding hydrogens is 1740 g/mol. The molecule has 2 saturated carbocycles. The van der Waals surface area contributed by atoms with E-state index in [4.69, 9.17) is 0 Å². The van der Waals surface area contributed by atoms with Crippen molar-refractivity contribution in [3.05, 3.63) is 549 Å². The fourth-order valence-corrected chi connectivity index (χ4v) is 23.7. The Kier molecular flexibility index (Phi) is 23.3. The van der Waals surface area contributed by atoms with Crippen molar-refractivity contribution in [2.24, 2.45) is 0 Å². The molecule has 0 heterocycles. The monoisotopic (exact) mass is 1850 g/mol. The zero-order valence-corrected chi connectivity index (χ0v) is 81.3. The first kappa shape index (κ1) is 88.1. The number of nitrogens with zero attached hydrogens (tertiary/aromatic N) is 6. The van der Waals surface area contributed by atoms with Gasteiger partial charge in [-0.3, -0.25) is 0 Å². The van der Waals surface area contributed by atoms with Gasteiger partial charge in [-0.25, -0.2) is 0 Å². The van der Waals surface area contributed by atoms with E-state index in [1.54, 1.807) is 0 Å². The van der Waals surface area contributed by atoms with Gasteiger partial charge < -0.3 is 29.4 Å². The second kappa shape index (κ2) is 38.0. The van der Waals surface area contributed by atoms with Crippen molar-refractivity contribution in [2.75, 3.05) is 29.4 Å². The first-order valence-corrected chi connectivity index (χ1v) is 51.2. The van der Waals surface area contributed by atoms with E-state index in [0.717, 1.165) is 139 Å². The zero-order valence-electron chi connectivity index (χ0n) is 81.3. The number of para-hydroxylation sites is 4. The van der Waals surface area contributed by atoms with Crippen molar-refractivity contribution in [1.82, 2.24) is 0 Å². The highest BCUT2D eigenvalue weighted by Crippen LogP contribution is 2.61.